The highest BCUT2D eigenvalue weighted by atomic mass is 79.9. The van der Waals surface area contributed by atoms with E-state index in [1.54, 1.807) is 12.1 Å². The number of ketones is 1. The van der Waals surface area contributed by atoms with E-state index in [-0.39, 0.29) is 24.3 Å². The van der Waals surface area contributed by atoms with Crippen molar-refractivity contribution in [3.8, 4) is 5.75 Å². The number of rotatable bonds is 2. The summed E-state index contributed by atoms with van der Waals surface area (Å²) in [4.78, 5) is 23.8. The molecule has 5 nitrogen and oxygen atoms in total. The molecule has 2 aliphatic rings. The van der Waals surface area contributed by atoms with E-state index in [4.69, 9.17) is 4.74 Å². The van der Waals surface area contributed by atoms with Gasteiger partial charge in [-0.2, -0.15) is 0 Å². The van der Waals surface area contributed by atoms with E-state index in [0.717, 1.165) is 25.8 Å². The van der Waals surface area contributed by atoms with Crippen LogP contribution in [0.4, 0.5) is 5.69 Å². The third-order valence-corrected chi connectivity index (χ3v) is 4.25. The van der Waals surface area contributed by atoms with Crippen molar-refractivity contribution in [2.24, 2.45) is 0 Å². The number of carbonyl (C=O) groups is 2. The first-order valence-corrected chi connectivity index (χ1v) is 7.48. The number of halogens is 1. The molecule has 1 aromatic rings. The quantitative estimate of drug-likeness (QED) is 0.810. The summed E-state index contributed by atoms with van der Waals surface area (Å²) in [5.74, 6) is 0.434. The van der Waals surface area contributed by atoms with E-state index in [9.17, 15) is 9.59 Å². The molecule has 1 unspecified atom stereocenters. The molecule has 1 saturated heterocycles. The maximum Gasteiger partial charge on any atom is 0.262 e. The van der Waals surface area contributed by atoms with Crippen LogP contribution in [0.2, 0.25) is 0 Å². The van der Waals surface area contributed by atoms with Crippen LogP contribution >= 0.6 is 15.9 Å². The second-order valence-corrected chi connectivity index (χ2v) is 5.89. The monoisotopic (exact) mass is 338 g/mol. The molecular weight excluding hydrogens is 324 g/mol. The van der Waals surface area contributed by atoms with Crippen LogP contribution < -0.4 is 15.4 Å². The number of carbonyl (C=O) groups excluding carboxylic acids is 2. The minimum atomic E-state index is -0.183. The largest absolute Gasteiger partial charge is 0.482 e. The van der Waals surface area contributed by atoms with Crippen molar-refractivity contribution in [2.75, 3.05) is 18.5 Å². The van der Waals surface area contributed by atoms with Crippen LogP contribution in [0.25, 0.3) is 0 Å². The van der Waals surface area contributed by atoms with Gasteiger partial charge in [0.1, 0.15) is 5.75 Å². The van der Waals surface area contributed by atoms with Crippen LogP contribution in [-0.2, 0) is 4.79 Å². The number of hydrogen-bond donors (Lipinski definition) is 2. The molecule has 0 saturated carbocycles. The number of piperidine rings is 1. The van der Waals surface area contributed by atoms with Gasteiger partial charge in [-0.15, -0.1) is 0 Å². The van der Waals surface area contributed by atoms with Gasteiger partial charge in [-0.05, 0) is 47.4 Å². The molecule has 3 rings (SSSR count). The van der Waals surface area contributed by atoms with E-state index in [1.807, 2.05) is 0 Å². The van der Waals surface area contributed by atoms with Gasteiger partial charge in [0.2, 0.25) is 0 Å². The Morgan fingerprint density at radius 1 is 1.35 bits per heavy atom. The van der Waals surface area contributed by atoms with E-state index < -0.39 is 0 Å². The van der Waals surface area contributed by atoms with Gasteiger partial charge in [0.25, 0.3) is 5.91 Å². The summed E-state index contributed by atoms with van der Waals surface area (Å²) < 4.78 is 6.04. The van der Waals surface area contributed by atoms with Crippen molar-refractivity contribution in [3.63, 3.8) is 0 Å². The van der Waals surface area contributed by atoms with Gasteiger partial charge in [0.05, 0.1) is 11.7 Å². The minimum Gasteiger partial charge on any atom is -0.482 e. The molecule has 106 valence electrons. The van der Waals surface area contributed by atoms with Crippen LogP contribution in [0, 0.1) is 0 Å². The Morgan fingerprint density at radius 2 is 2.20 bits per heavy atom. The zero-order valence-electron chi connectivity index (χ0n) is 10.9. The highest BCUT2D eigenvalue weighted by Crippen LogP contribution is 2.34. The lowest BCUT2D eigenvalue weighted by molar-refractivity contribution is -0.118. The van der Waals surface area contributed by atoms with Gasteiger partial charge in [-0.3, -0.25) is 9.59 Å². The number of hydrogen-bond acceptors (Lipinski definition) is 4. The topological polar surface area (TPSA) is 67.4 Å². The summed E-state index contributed by atoms with van der Waals surface area (Å²) in [6.45, 7) is 0.871. The number of amides is 1. The predicted octanol–water partition coefficient (Wildman–Crippen LogP) is 2.10. The molecule has 1 fully saturated rings. The first-order chi connectivity index (χ1) is 9.65. The summed E-state index contributed by atoms with van der Waals surface area (Å²) in [6.07, 6.45) is 3.04. The molecule has 20 heavy (non-hydrogen) atoms. The maximum absolute atomic E-state index is 12.5. The van der Waals surface area contributed by atoms with E-state index in [1.165, 1.54) is 0 Å². The molecular formula is C14H15BrN2O3. The number of nitrogens with one attached hydrogen (secondary N) is 2. The molecule has 1 atom stereocenters. The molecule has 6 heteroatoms. The lowest BCUT2D eigenvalue weighted by atomic mass is 9.96. The number of Topliss-reactive ketones (excluding diaryl/α,β-unsaturated/α-hetero) is 1. The van der Waals surface area contributed by atoms with E-state index in [2.05, 4.69) is 26.6 Å². The zero-order valence-corrected chi connectivity index (χ0v) is 12.5. The van der Waals surface area contributed by atoms with Gasteiger partial charge in [0, 0.05) is 10.0 Å². The first kappa shape index (κ1) is 13.6. The van der Waals surface area contributed by atoms with Crippen molar-refractivity contribution < 1.29 is 14.3 Å². The van der Waals surface area contributed by atoms with E-state index >= 15 is 0 Å². The fourth-order valence-electron chi connectivity index (χ4n) is 2.55. The molecule has 0 spiro atoms. The fraction of sp³-hybridized carbons (Fsp3) is 0.429. The fourth-order valence-corrected chi connectivity index (χ4v) is 3.09. The predicted molar refractivity (Wildman–Crippen MR) is 78.2 cm³/mol. The van der Waals surface area contributed by atoms with Crippen LogP contribution in [-0.4, -0.2) is 30.9 Å². The van der Waals surface area contributed by atoms with Gasteiger partial charge in [-0.25, -0.2) is 0 Å². The van der Waals surface area contributed by atoms with Crippen LogP contribution in [0.3, 0.4) is 0 Å². The smallest absolute Gasteiger partial charge is 0.262 e. The van der Waals surface area contributed by atoms with Crippen LogP contribution in [0.5, 0.6) is 5.75 Å². The van der Waals surface area contributed by atoms with E-state index in [0.29, 0.717) is 21.5 Å². The third kappa shape index (κ3) is 2.58. The molecule has 0 radical (unpaired) electrons. The highest BCUT2D eigenvalue weighted by Gasteiger charge is 2.26. The molecule has 0 aliphatic carbocycles. The van der Waals surface area contributed by atoms with Crippen molar-refractivity contribution in [1.29, 1.82) is 0 Å². The summed E-state index contributed by atoms with van der Waals surface area (Å²) in [5.41, 5.74) is 1.19. The summed E-state index contributed by atoms with van der Waals surface area (Å²) in [6, 6.07) is 3.30. The molecule has 2 heterocycles. The maximum atomic E-state index is 12.5. The van der Waals surface area contributed by atoms with Crippen molar-refractivity contribution >= 4 is 33.3 Å². The molecule has 1 amide bonds. The Morgan fingerprint density at radius 3 is 2.95 bits per heavy atom. The Balaban J connectivity index is 1.89. The minimum absolute atomic E-state index is 0.00998. The lowest BCUT2D eigenvalue weighted by Crippen LogP contribution is -2.40. The van der Waals surface area contributed by atoms with Gasteiger partial charge < -0.3 is 15.4 Å². The summed E-state index contributed by atoms with van der Waals surface area (Å²) in [5, 5.41) is 5.98. The Bertz CT molecular complexity index is 568. The zero-order chi connectivity index (χ0) is 14.1. The average Bonchev–Trinajstić information content (AvgIpc) is 2.46. The second kappa shape index (κ2) is 5.54. The number of anilines is 1. The van der Waals surface area contributed by atoms with Gasteiger partial charge >= 0.3 is 0 Å². The standard InChI is InChI=1S/C14H15BrN2O3/c15-9-6-11-12(20-7-13(18)17-11)5-8(9)14(19)10-3-1-2-4-16-10/h5-6,10,16H,1-4,7H2,(H,17,18). The highest BCUT2D eigenvalue weighted by molar-refractivity contribution is 9.10. The molecule has 2 aliphatic heterocycles. The number of ether oxygens (including phenoxy) is 1. The molecule has 2 N–H and O–H groups in total. The Hall–Kier alpha value is -1.40. The second-order valence-electron chi connectivity index (χ2n) is 5.03. The van der Waals surface area contributed by atoms with Gasteiger partial charge in [0.15, 0.2) is 12.4 Å². The summed E-state index contributed by atoms with van der Waals surface area (Å²) in [7, 11) is 0. The molecule has 1 aromatic carbocycles. The van der Waals surface area contributed by atoms with Crippen molar-refractivity contribution in [3.05, 3.63) is 22.2 Å². The molecule has 0 bridgehead atoms. The van der Waals surface area contributed by atoms with Gasteiger partial charge in [-0.1, -0.05) is 6.42 Å². The van der Waals surface area contributed by atoms with Crippen LogP contribution in [0.1, 0.15) is 29.6 Å². The third-order valence-electron chi connectivity index (χ3n) is 3.59. The lowest BCUT2D eigenvalue weighted by Gasteiger charge is -2.24. The average molecular weight is 339 g/mol. The summed E-state index contributed by atoms with van der Waals surface area (Å²) >= 11 is 3.41. The van der Waals surface area contributed by atoms with Crippen LogP contribution in [0.15, 0.2) is 16.6 Å². The number of fused-ring (bicyclic) bond motifs is 1. The SMILES string of the molecule is O=C1COc2cc(C(=O)C3CCCCN3)c(Br)cc2N1. The van der Waals surface area contributed by atoms with Crippen molar-refractivity contribution in [1.82, 2.24) is 5.32 Å². The Kier molecular flexibility index (Phi) is 3.76. The normalized spacial score (nSPS) is 21.6. The first-order valence-electron chi connectivity index (χ1n) is 6.69. The number of benzene rings is 1. The Labute approximate surface area is 125 Å². The van der Waals surface area contributed by atoms with Crippen molar-refractivity contribution in [2.45, 2.75) is 25.3 Å². The molecule has 0 aromatic heterocycles.